The minimum absolute atomic E-state index is 0.322. The predicted molar refractivity (Wildman–Crippen MR) is 76.1 cm³/mol. The summed E-state index contributed by atoms with van der Waals surface area (Å²) in [5.74, 6) is 2.10. The van der Waals surface area contributed by atoms with Gasteiger partial charge in [0, 0.05) is 12.6 Å². The van der Waals surface area contributed by atoms with E-state index in [4.69, 9.17) is 9.15 Å². The third kappa shape index (κ3) is 3.59. The van der Waals surface area contributed by atoms with Crippen molar-refractivity contribution < 1.29 is 9.15 Å². The van der Waals surface area contributed by atoms with E-state index in [2.05, 4.69) is 44.1 Å². The van der Waals surface area contributed by atoms with Crippen molar-refractivity contribution in [3.05, 3.63) is 23.2 Å². The van der Waals surface area contributed by atoms with Crippen molar-refractivity contribution in [3.8, 4) is 0 Å². The molecule has 1 aromatic rings. The first-order chi connectivity index (χ1) is 9.11. The second-order valence-corrected chi connectivity index (χ2v) is 5.45. The lowest BCUT2D eigenvalue weighted by Gasteiger charge is -2.25. The van der Waals surface area contributed by atoms with Crippen LogP contribution in [0.3, 0.4) is 0 Å². The first kappa shape index (κ1) is 14.6. The molecule has 0 aliphatic carbocycles. The molecule has 108 valence electrons. The van der Waals surface area contributed by atoms with E-state index in [-0.39, 0.29) is 0 Å². The lowest BCUT2D eigenvalue weighted by molar-refractivity contribution is 0.0790. The van der Waals surface area contributed by atoms with Gasteiger partial charge in [0.25, 0.3) is 0 Å². The Morgan fingerprint density at radius 1 is 1.47 bits per heavy atom. The number of likely N-dealkylation sites (N-methyl/N-ethyl adjacent to an activating group) is 1. The van der Waals surface area contributed by atoms with Gasteiger partial charge in [-0.3, -0.25) is 4.90 Å². The maximum Gasteiger partial charge on any atom is 0.120 e. The van der Waals surface area contributed by atoms with Gasteiger partial charge in [0.1, 0.15) is 11.5 Å². The highest BCUT2D eigenvalue weighted by molar-refractivity contribution is 5.20. The third-order valence-corrected chi connectivity index (χ3v) is 3.91. The number of hydrogen-bond acceptors (Lipinski definition) is 4. The molecule has 4 nitrogen and oxygen atoms in total. The molecule has 1 fully saturated rings. The van der Waals surface area contributed by atoms with Gasteiger partial charge < -0.3 is 14.5 Å². The van der Waals surface area contributed by atoms with Crippen LogP contribution in [0.5, 0.6) is 0 Å². The summed E-state index contributed by atoms with van der Waals surface area (Å²) in [6.07, 6.45) is 1.43. The van der Waals surface area contributed by atoms with Gasteiger partial charge in [-0.15, -0.1) is 0 Å². The van der Waals surface area contributed by atoms with Crippen LogP contribution >= 0.6 is 0 Å². The van der Waals surface area contributed by atoms with E-state index in [1.54, 1.807) is 0 Å². The Morgan fingerprint density at radius 3 is 2.89 bits per heavy atom. The molecule has 1 saturated heterocycles. The van der Waals surface area contributed by atoms with Crippen LogP contribution in [0.25, 0.3) is 0 Å². The van der Waals surface area contributed by atoms with Gasteiger partial charge in [0.05, 0.1) is 19.2 Å². The van der Waals surface area contributed by atoms with E-state index in [1.807, 2.05) is 0 Å². The van der Waals surface area contributed by atoms with Gasteiger partial charge in [-0.25, -0.2) is 0 Å². The topological polar surface area (TPSA) is 37.6 Å². The molecular weight excluding hydrogens is 240 g/mol. The minimum atomic E-state index is 0.322. The van der Waals surface area contributed by atoms with Crippen LogP contribution in [-0.2, 0) is 17.8 Å². The third-order valence-electron chi connectivity index (χ3n) is 3.91. The van der Waals surface area contributed by atoms with Gasteiger partial charge >= 0.3 is 0 Å². The molecule has 0 aromatic carbocycles. The summed E-state index contributed by atoms with van der Waals surface area (Å²) in [5, 5.41) is 3.31. The Labute approximate surface area is 116 Å². The monoisotopic (exact) mass is 266 g/mol. The first-order valence-corrected chi connectivity index (χ1v) is 7.22. The lowest BCUT2D eigenvalue weighted by Crippen LogP contribution is -2.36. The van der Waals surface area contributed by atoms with Gasteiger partial charge in [-0.2, -0.15) is 0 Å². The normalized spacial score (nSPS) is 23.4. The predicted octanol–water partition coefficient (Wildman–Crippen LogP) is 2.31. The Morgan fingerprint density at radius 2 is 2.26 bits per heavy atom. The van der Waals surface area contributed by atoms with E-state index in [1.165, 1.54) is 5.56 Å². The van der Waals surface area contributed by atoms with Crippen molar-refractivity contribution in [2.24, 2.45) is 0 Å². The fourth-order valence-electron chi connectivity index (χ4n) is 2.74. The van der Waals surface area contributed by atoms with Crippen LogP contribution < -0.4 is 5.32 Å². The number of ether oxygens (including phenoxy) is 1. The quantitative estimate of drug-likeness (QED) is 0.857. The number of aryl methyl sites for hydroxylation is 1. The van der Waals surface area contributed by atoms with Crippen molar-refractivity contribution >= 4 is 0 Å². The number of rotatable bonds is 6. The van der Waals surface area contributed by atoms with Gasteiger partial charge in [0.2, 0.25) is 0 Å². The summed E-state index contributed by atoms with van der Waals surface area (Å²) in [6, 6.07) is 2.66. The maximum atomic E-state index is 5.94. The SMILES string of the molecule is CCNCc1oc(CN(C)C2CCOC2C)cc1C. The molecule has 1 N–H and O–H groups in total. The van der Waals surface area contributed by atoms with Crippen molar-refractivity contribution in [2.75, 3.05) is 20.2 Å². The maximum absolute atomic E-state index is 5.94. The molecule has 0 radical (unpaired) electrons. The van der Waals surface area contributed by atoms with Crippen molar-refractivity contribution in [3.63, 3.8) is 0 Å². The second kappa shape index (κ2) is 6.55. The summed E-state index contributed by atoms with van der Waals surface area (Å²) in [5.41, 5.74) is 1.24. The highest BCUT2D eigenvalue weighted by atomic mass is 16.5. The molecule has 2 rings (SSSR count). The van der Waals surface area contributed by atoms with Crippen LogP contribution in [0.2, 0.25) is 0 Å². The fourth-order valence-corrected chi connectivity index (χ4v) is 2.74. The molecule has 1 aliphatic heterocycles. The van der Waals surface area contributed by atoms with Crippen LogP contribution in [0.15, 0.2) is 10.5 Å². The number of nitrogens with zero attached hydrogens (tertiary/aromatic N) is 1. The molecule has 0 bridgehead atoms. The number of furan rings is 1. The van der Waals surface area contributed by atoms with Crippen LogP contribution in [-0.4, -0.2) is 37.2 Å². The van der Waals surface area contributed by atoms with E-state index in [0.29, 0.717) is 12.1 Å². The molecule has 2 atom stereocenters. The summed E-state index contributed by atoms with van der Waals surface area (Å²) in [6.45, 7) is 9.87. The smallest absolute Gasteiger partial charge is 0.120 e. The lowest BCUT2D eigenvalue weighted by atomic mass is 10.1. The number of hydrogen-bond donors (Lipinski definition) is 1. The summed E-state index contributed by atoms with van der Waals surface area (Å²) in [4.78, 5) is 2.34. The molecule has 4 heteroatoms. The van der Waals surface area contributed by atoms with E-state index >= 15 is 0 Å². The zero-order valence-electron chi connectivity index (χ0n) is 12.5. The first-order valence-electron chi connectivity index (χ1n) is 7.22. The molecule has 0 amide bonds. The Bertz CT molecular complexity index is 403. The molecule has 2 unspecified atom stereocenters. The molecule has 1 aliphatic rings. The Balaban J connectivity index is 1.95. The molecule has 2 heterocycles. The second-order valence-electron chi connectivity index (χ2n) is 5.45. The van der Waals surface area contributed by atoms with Gasteiger partial charge in [0.15, 0.2) is 0 Å². The van der Waals surface area contributed by atoms with Gasteiger partial charge in [-0.1, -0.05) is 6.92 Å². The molecular formula is C15H26N2O2. The molecule has 0 saturated carbocycles. The van der Waals surface area contributed by atoms with Crippen LogP contribution in [0.4, 0.5) is 0 Å². The summed E-state index contributed by atoms with van der Waals surface area (Å²) < 4.78 is 11.6. The van der Waals surface area contributed by atoms with Crippen LogP contribution in [0.1, 0.15) is 37.4 Å². The summed E-state index contributed by atoms with van der Waals surface area (Å²) >= 11 is 0. The minimum Gasteiger partial charge on any atom is -0.463 e. The van der Waals surface area contributed by atoms with Crippen LogP contribution in [0, 0.1) is 6.92 Å². The van der Waals surface area contributed by atoms with E-state index in [0.717, 1.165) is 44.2 Å². The average molecular weight is 266 g/mol. The van der Waals surface area contributed by atoms with Crippen molar-refractivity contribution in [2.45, 2.75) is 52.4 Å². The summed E-state index contributed by atoms with van der Waals surface area (Å²) in [7, 11) is 2.15. The highest BCUT2D eigenvalue weighted by Gasteiger charge is 2.28. The van der Waals surface area contributed by atoms with E-state index < -0.39 is 0 Å². The average Bonchev–Trinajstić information content (AvgIpc) is 2.93. The van der Waals surface area contributed by atoms with E-state index in [9.17, 15) is 0 Å². The molecule has 19 heavy (non-hydrogen) atoms. The van der Waals surface area contributed by atoms with Crippen molar-refractivity contribution in [1.29, 1.82) is 0 Å². The Hall–Kier alpha value is -0.840. The number of nitrogens with one attached hydrogen (secondary N) is 1. The molecule has 0 spiro atoms. The largest absolute Gasteiger partial charge is 0.463 e. The molecule has 1 aromatic heterocycles. The van der Waals surface area contributed by atoms with Crippen molar-refractivity contribution in [1.82, 2.24) is 10.2 Å². The Kier molecular flexibility index (Phi) is 5.02. The highest BCUT2D eigenvalue weighted by Crippen LogP contribution is 2.22. The zero-order chi connectivity index (χ0) is 13.8. The fraction of sp³-hybridized carbons (Fsp3) is 0.733. The van der Waals surface area contributed by atoms with Gasteiger partial charge in [-0.05, 0) is 45.5 Å². The zero-order valence-corrected chi connectivity index (χ0v) is 12.5. The standard InChI is InChI=1S/C15H26N2O2/c1-5-16-9-15-11(2)8-13(19-15)10-17(4)14-6-7-18-12(14)3/h8,12,14,16H,5-7,9-10H2,1-4H3.